The summed E-state index contributed by atoms with van der Waals surface area (Å²) in [4.78, 5) is 32.1. The molecule has 192 valence electrons. The second kappa shape index (κ2) is 11.4. The third-order valence-electron chi connectivity index (χ3n) is 6.31. The molecule has 0 aliphatic rings. The van der Waals surface area contributed by atoms with Crippen LogP contribution in [-0.2, 0) is 12.8 Å². The molecule has 0 aliphatic heterocycles. The Morgan fingerprint density at radius 2 is 1.78 bits per heavy atom. The van der Waals surface area contributed by atoms with Gasteiger partial charge in [-0.2, -0.15) is 0 Å². The molecule has 8 heteroatoms. The zero-order valence-electron chi connectivity index (χ0n) is 21.3. The van der Waals surface area contributed by atoms with E-state index in [0.717, 1.165) is 40.9 Å². The molecular formula is C29H30ClN3O3S. The lowest BCUT2D eigenvalue weighted by Gasteiger charge is -2.21. The monoisotopic (exact) mass is 535 g/mol. The molecule has 1 atom stereocenters. The van der Waals surface area contributed by atoms with E-state index in [1.54, 1.807) is 36.6 Å². The highest BCUT2D eigenvalue weighted by atomic mass is 35.5. The highest BCUT2D eigenvalue weighted by Crippen LogP contribution is 2.30. The Labute approximate surface area is 225 Å². The SMILES string of the molecule is CCc1cccc(CC)c1-n1c(C)c(C(=O)NC[C@@H](C)O)cc(-c2nc(-c3ccc(Cl)cc3)cs2)c1=O. The molecule has 0 radical (unpaired) electrons. The van der Waals surface area contributed by atoms with Gasteiger partial charge in [0, 0.05) is 28.2 Å². The fraction of sp³-hybridized carbons (Fsp3) is 0.276. The second-order valence-electron chi connectivity index (χ2n) is 8.93. The number of carbonyl (C=O) groups is 1. The number of rotatable bonds is 8. The van der Waals surface area contributed by atoms with E-state index in [1.165, 1.54) is 11.3 Å². The minimum absolute atomic E-state index is 0.108. The van der Waals surface area contributed by atoms with Crippen molar-refractivity contribution in [2.75, 3.05) is 6.54 Å². The topological polar surface area (TPSA) is 84.2 Å². The summed E-state index contributed by atoms with van der Waals surface area (Å²) in [7, 11) is 0. The Balaban J connectivity index is 1.96. The van der Waals surface area contributed by atoms with Crippen LogP contribution in [-0.4, -0.2) is 33.2 Å². The van der Waals surface area contributed by atoms with Crippen LogP contribution in [0.3, 0.4) is 0 Å². The molecule has 4 aromatic rings. The van der Waals surface area contributed by atoms with E-state index >= 15 is 0 Å². The molecule has 6 nitrogen and oxygen atoms in total. The average molecular weight is 536 g/mol. The fourth-order valence-corrected chi connectivity index (χ4v) is 5.31. The summed E-state index contributed by atoms with van der Waals surface area (Å²) in [5.74, 6) is -0.352. The number of aliphatic hydroxyl groups is 1. The van der Waals surface area contributed by atoms with Gasteiger partial charge in [-0.25, -0.2) is 4.98 Å². The number of amides is 1. The lowest BCUT2D eigenvalue weighted by molar-refractivity contribution is 0.0922. The summed E-state index contributed by atoms with van der Waals surface area (Å²) in [6.45, 7) is 7.61. The van der Waals surface area contributed by atoms with E-state index < -0.39 is 6.10 Å². The molecule has 1 amide bonds. The Morgan fingerprint density at radius 3 is 2.38 bits per heavy atom. The van der Waals surface area contributed by atoms with Gasteiger partial charge >= 0.3 is 0 Å². The van der Waals surface area contributed by atoms with Crippen molar-refractivity contribution in [1.82, 2.24) is 14.9 Å². The maximum atomic E-state index is 14.1. The summed E-state index contributed by atoms with van der Waals surface area (Å²) in [5, 5.41) is 15.5. The van der Waals surface area contributed by atoms with Crippen LogP contribution in [0.4, 0.5) is 0 Å². The van der Waals surface area contributed by atoms with E-state index in [0.29, 0.717) is 26.9 Å². The lowest BCUT2D eigenvalue weighted by atomic mass is 10.0. The number of aryl methyl sites for hydroxylation is 2. The van der Waals surface area contributed by atoms with Crippen LogP contribution in [0.25, 0.3) is 27.5 Å². The van der Waals surface area contributed by atoms with Gasteiger partial charge in [0.1, 0.15) is 5.01 Å². The molecule has 0 unspecified atom stereocenters. The minimum atomic E-state index is -0.692. The first-order chi connectivity index (χ1) is 17.7. The van der Waals surface area contributed by atoms with Crippen LogP contribution in [0.5, 0.6) is 0 Å². The molecule has 4 rings (SSSR count). The van der Waals surface area contributed by atoms with E-state index in [1.807, 2.05) is 35.7 Å². The summed E-state index contributed by atoms with van der Waals surface area (Å²) >= 11 is 7.39. The Bertz CT molecular complexity index is 1470. The average Bonchev–Trinajstić information content (AvgIpc) is 3.37. The number of thiazole rings is 1. The molecule has 2 N–H and O–H groups in total. The first-order valence-electron chi connectivity index (χ1n) is 12.3. The quantitative estimate of drug-likeness (QED) is 0.297. The standard InChI is InChI=1S/C29H30ClN3O3S/c1-5-19-8-7-9-20(6-2)26(19)33-18(4)23(27(35)31-15-17(3)34)14-24(29(33)36)28-32-25(16-37-28)21-10-12-22(30)13-11-21/h7-14,16-17,34H,5-6,15H2,1-4H3,(H,31,35)/t17-/m1/s1. The van der Waals surface area contributed by atoms with Gasteiger partial charge in [0.2, 0.25) is 0 Å². The van der Waals surface area contributed by atoms with Crippen molar-refractivity contribution in [3.63, 3.8) is 0 Å². The maximum absolute atomic E-state index is 14.1. The van der Waals surface area contributed by atoms with Crippen molar-refractivity contribution in [3.8, 4) is 27.5 Å². The number of pyridine rings is 1. The molecule has 0 aliphatic carbocycles. The summed E-state index contributed by atoms with van der Waals surface area (Å²) in [6.07, 6.45) is 0.782. The molecule has 0 fully saturated rings. The molecule has 2 heterocycles. The van der Waals surface area contributed by atoms with Crippen molar-refractivity contribution in [1.29, 1.82) is 0 Å². The molecule has 0 saturated carbocycles. The van der Waals surface area contributed by atoms with Crippen molar-refractivity contribution >= 4 is 28.8 Å². The highest BCUT2D eigenvalue weighted by molar-refractivity contribution is 7.13. The molecule has 2 aromatic heterocycles. The first-order valence-corrected chi connectivity index (χ1v) is 13.6. The maximum Gasteiger partial charge on any atom is 0.265 e. The Morgan fingerprint density at radius 1 is 1.14 bits per heavy atom. The van der Waals surface area contributed by atoms with Crippen LogP contribution >= 0.6 is 22.9 Å². The van der Waals surface area contributed by atoms with Crippen molar-refractivity contribution in [2.45, 2.75) is 46.6 Å². The van der Waals surface area contributed by atoms with Gasteiger partial charge in [-0.15, -0.1) is 11.3 Å². The zero-order chi connectivity index (χ0) is 26.7. The largest absolute Gasteiger partial charge is 0.392 e. The number of carbonyl (C=O) groups excluding carboxylic acids is 1. The van der Waals surface area contributed by atoms with Gasteiger partial charge in [-0.05, 0) is 56.0 Å². The summed E-state index contributed by atoms with van der Waals surface area (Å²) < 4.78 is 1.66. The van der Waals surface area contributed by atoms with Crippen molar-refractivity contribution in [3.05, 3.63) is 91.7 Å². The third kappa shape index (κ3) is 5.54. The second-order valence-corrected chi connectivity index (χ2v) is 10.2. The fourth-order valence-electron chi connectivity index (χ4n) is 4.34. The molecular weight excluding hydrogens is 506 g/mol. The van der Waals surface area contributed by atoms with E-state index in [2.05, 4.69) is 19.2 Å². The number of benzene rings is 2. The molecule has 0 bridgehead atoms. The van der Waals surface area contributed by atoms with Crippen molar-refractivity contribution < 1.29 is 9.90 Å². The molecule has 37 heavy (non-hydrogen) atoms. The number of aromatic nitrogens is 2. The Hall–Kier alpha value is -3.26. The lowest BCUT2D eigenvalue weighted by Crippen LogP contribution is -2.34. The highest BCUT2D eigenvalue weighted by Gasteiger charge is 2.23. The predicted octanol–water partition coefficient (Wildman–Crippen LogP) is 5.83. The predicted molar refractivity (Wildman–Crippen MR) is 151 cm³/mol. The number of hydrogen-bond donors (Lipinski definition) is 2. The van der Waals surface area contributed by atoms with Crippen LogP contribution in [0.1, 0.15) is 48.0 Å². The van der Waals surface area contributed by atoms with E-state index in [9.17, 15) is 14.7 Å². The van der Waals surface area contributed by atoms with E-state index in [4.69, 9.17) is 16.6 Å². The molecule has 0 saturated heterocycles. The van der Waals surface area contributed by atoms with Crippen LogP contribution in [0.2, 0.25) is 5.02 Å². The number of nitrogens with one attached hydrogen (secondary N) is 1. The van der Waals surface area contributed by atoms with Gasteiger partial charge < -0.3 is 10.4 Å². The van der Waals surface area contributed by atoms with Crippen LogP contribution in [0.15, 0.2) is 58.7 Å². The van der Waals surface area contributed by atoms with E-state index in [-0.39, 0.29) is 18.0 Å². The summed E-state index contributed by atoms with van der Waals surface area (Å²) in [6, 6.07) is 15.0. The first kappa shape index (κ1) is 26.8. The number of para-hydroxylation sites is 1. The van der Waals surface area contributed by atoms with Crippen molar-refractivity contribution in [2.24, 2.45) is 0 Å². The van der Waals surface area contributed by atoms with Gasteiger partial charge in [-0.1, -0.05) is 55.8 Å². The number of hydrogen-bond acceptors (Lipinski definition) is 5. The van der Waals surface area contributed by atoms with Crippen LogP contribution in [0, 0.1) is 6.92 Å². The Kier molecular flexibility index (Phi) is 8.27. The van der Waals surface area contributed by atoms with Gasteiger partial charge in [-0.3, -0.25) is 14.2 Å². The third-order valence-corrected chi connectivity index (χ3v) is 7.44. The number of aliphatic hydroxyl groups excluding tert-OH is 1. The van der Waals surface area contributed by atoms with Gasteiger partial charge in [0.25, 0.3) is 11.5 Å². The summed E-state index contributed by atoms with van der Waals surface area (Å²) in [5.41, 5.74) is 5.52. The van der Waals surface area contributed by atoms with Gasteiger partial charge in [0.15, 0.2) is 0 Å². The number of nitrogens with zero attached hydrogens (tertiary/aromatic N) is 2. The molecule has 2 aromatic carbocycles. The minimum Gasteiger partial charge on any atom is -0.392 e. The normalized spacial score (nSPS) is 11.9. The number of halogens is 1. The van der Waals surface area contributed by atoms with Gasteiger partial charge in [0.05, 0.1) is 28.6 Å². The smallest absolute Gasteiger partial charge is 0.265 e. The molecule has 0 spiro atoms. The zero-order valence-corrected chi connectivity index (χ0v) is 22.9. The van der Waals surface area contributed by atoms with Crippen LogP contribution < -0.4 is 10.9 Å².